The van der Waals surface area contributed by atoms with Crippen LogP contribution in [0.15, 0.2) is 47.3 Å². The Hall–Kier alpha value is -2.63. The zero-order valence-corrected chi connectivity index (χ0v) is 18.9. The zero-order valence-electron chi connectivity index (χ0n) is 17.3. The number of anilines is 2. The molecule has 2 aromatic heterocycles. The first kappa shape index (κ1) is 22.6. The summed E-state index contributed by atoms with van der Waals surface area (Å²) < 4.78 is 43.7. The van der Waals surface area contributed by atoms with Crippen LogP contribution in [0.3, 0.4) is 0 Å². The molecule has 0 bridgehead atoms. The number of carbonyl (C=O) groups excluding carboxylic acids is 1. The van der Waals surface area contributed by atoms with Crippen molar-refractivity contribution in [1.29, 1.82) is 0 Å². The predicted molar refractivity (Wildman–Crippen MR) is 120 cm³/mol. The van der Waals surface area contributed by atoms with E-state index in [1.54, 1.807) is 28.9 Å². The molecule has 1 aliphatic heterocycles. The molecule has 0 saturated carbocycles. The number of benzene rings is 1. The normalized spacial score (nSPS) is 15.8. The fourth-order valence-corrected chi connectivity index (χ4v) is 4.09. The molecule has 0 aliphatic carbocycles. The van der Waals surface area contributed by atoms with Crippen LogP contribution in [0.25, 0.3) is 5.65 Å². The van der Waals surface area contributed by atoms with E-state index in [-0.39, 0.29) is 17.8 Å². The van der Waals surface area contributed by atoms with Gasteiger partial charge in [-0.05, 0) is 52.8 Å². The van der Waals surface area contributed by atoms with Gasteiger partial charge in [-0.1, -0.05) is 6.07 Å². The minimum atomic E-state index is -4.52. The number of alkyl halides is 3. The molecule has 7 nitrogen and oxygen atoms in total. The number of nitrogens with zero attached hydrogens (tertiary/aromatic N) is 4. The van der Waals surface area contributed by atoms with Gasteiger partial charge in [0.05, 0.1) is 15.9 Å². The van der Waals surface area contributed by atoms with Crippen LogP contribution in [0.5, 0.6) is 0 Å². The highest BCUT2D eigenvalue weighted by Gasteiger charge is 2.34. The molecular formula is C21H22BrF3N6O. The Morgan fingerprint density at radius 1 is 1.12 bits per heavy atom. The molecule has 0 atom stereocenters. The van der Waals surface area contributed by atoms with E-state index in [1.807, 2.05) is 11.9 Å². The summed E-state index contributed by atoms with van der Waals surface area (Å²) in [6.45, 7) is 3.28. The van der Waals surface area contributed by atoms with Crippen molar-refractivity contribution in [3.8, 4) is 0 Å². The molecule has 1 fully saturated rings. The fraction of sp³-hybridized carbons (Fsp3) is 0.333. The summed E-state index contributed by atoms with van der Waals surface area (Å²) in [5.74, 6) is 0. The summed E-state index contributed by atoms with van der Waals surface area (Å²) in [6.07, 6.45) is -1.22. The summed E-state index contributed by atoms with van der Waals surface area (Å²) in [6, 6.07) is 6.65. The predicted octanol–water partition coefficient (Wildman–Crippen LogP) is 4.51. The Balaban J connectivity index is 1.50. The maximum Gasteiger partial charge on any atom is 0.416 e. The van der Waals surface area contributed by atoms with Crippen molar-refractivity contribution in [3.05, 3.63) is 58.5 Å². The average molecular weight is 511 g/mol. The van der Waals surface area contributed by atoms with E-state index in [2.05, 4.69) is 36.4 Å². The summed E-state index contributed by atoms with van der Waals surface area (Å²) in [4.78, 5) is 20.8. The van der Waals surface area contributed by atoms with Gasteiger partial charge in [-0.25, -0.2) is 9.78 Å². The molecule has 2 N–H and O–H groups in total. The summed E-state index contributed by atoms with van der Waals surface area (Å²) in [5, 5.41) is 5.13. The quantitative estimate of drug-likeness (QED) is 0.507. The highest BCUT2D eigenvalue weighted by molar-refractivity contribution is 9.10. The standard InChI is InChI=1S/C21H22BrF3N6O/c1-29-8-10-30(11-9-29)13-14-2-3-15(12-16(14)21(23,24)25)27-20(32)28-17-4-5-18(22)31-7-6-26-19(17)31/h2-7,12H,8-11,13H2,1H3,(H2,27,28,32). The number of fused-ring (bicyclic) bond motifs is 1. The molecule has 0 unspecified atom stereocenters. The van der Waals surface area contributed by atoms with Crippen molar-refractivity contribution in [2.24, 2.45) is 0 Å². The maximum absolute atomic E-state index is 13.7. The molecule has 2 amide bonds. The van der Waals surface area contributed by atoms with Crippen molar-refractivity contribution in [2.45, 2.75) is 12.7 Å². The zero-order chi connectivity index (χ0) is 22.9. The van der Waals surface area contributed by atoms with Gasteiger partial charge in [0, 0.05) is 50.8 Å². The van der Waals surface area contributed by atoms with Gasteiger partial charge >= 0.3 is 12.2 Å². The molecule has 1 aromatic carbocycles. The third-order valence-corrected chi connectivity index (χ3v) is 6.06. The van der Waals surface area contributed by atoms with Crippen LogP contribution in [-0.2, 0) is 12.7 Å². The van der Waals surface area contributed by atoms with Gasteiger partial charge in [0.1, 0.15) is 0 Å². The van der Waals surface area contributed by atoms with E-state index in [0.29, 0.717) is 24.4 Å². The van der Waals surface area contributed by atoms with E-state index in [4.69, 9.17) is 0 Å². The van der Waals surface area contributed by atoms with E-state index >= 15 is 0 Å². The van der Waals surface area contributed by atoms with E-state index in [1.165, 1.54) is 12.1 Å². The molecule has 170 valence electrons. The number of hydrogen-bond donors (Lipinski definition) is 2. The lowest BCUT2D eigenvalue weighted by atomic mass is 10.0. The Labute approximate surface area is 191 Å². The highest BCUT2D eigenvalue weighted by Crippen LogP contribution is 2.34. The molecular weight excluding hydrogens is 489 g/mol. The number of imidazole rings is 1. The van der Waals surface area contributed by atoms with E-state index < -0.39 is 17.8 Å². The molecule has 11 heteroatoms. The number of hydrogen-bond acceptors (Lipinski definition) is 4. The Bertz CT molecular complexity index is 1120. The lowest BCUT2D eigenvalue weighted by Gasteiger charge is -2.33. The maximum atomic E-state index is 13.7. The van der Waals surface area contributed by atoms with Gasteiger partial charge in [0.25, 0.3) is 0 Å². The van der Waals surface area contributed by atoms with Crippen LogP contribution in [0.2, 0.25) is 0 Å². The number of carbonyl (C=O) groups is 1. The topological polar surface area (TPSA) is 64.9 Å². The largest absolute Gasteiger partial charge is 0.416 e. The number of halogens is 4. The second-order valence-corrected chi connectivity index (χ2v) is 8.53. The number of amides is 2. The van der Waals surface area contributed by atoms with Crippen LogP contribution in [-0.4, -0.2) is 58.4 Å². The fourth-order valence-electron chi connectivity index (χ4n) is 3.67. The smallest absolute Gasteiger partial charge is 0.308 e. The number of nitrogens with one attached hydrogen (secondary N) is 2. The third-order valence-electron chi connectivity index (χ3n) is 5.41. The molecule has 3 heterocycles. The number of piperazine rings is 1. The molecule has 4 rings (SSSR count). The third kappa shape index (κ3) is 5.05. The minimum absolute atomic E-state index is 0.0634. The number of urea groups is 1. The van der Waals surface area contributed by atoms with Gasteiger partial charge in [-0.2, -0.15) is 13.2 Å². The second kappa shape index (κ2) is 9.08. The summed E-state index contributed by atoms with van der Waals surface area (Å²) >= 11 is 3.38. The van der Waals surface area contributed by atoms with Crippen LogP contribution in [0, 0.1) is 0 Å². The number of aromatic nitrogens is 2. The highest BCUT2D eigenvalue weighted by atomic mass is 79.9. The molecule has 3 aromatic rings. The van der Waals surface area contributed by atoms with Gasteiger partial charge in [0.15, 0.2) is 5.65 Å². The first-order chi connectivity index (χ1) is 15.2. The lowest BCUT2D eigenvalue weighted by Crippen LogP contribution is -2.44. The number of rotatable bonds is 4. The minimum Gasteiger partial charge on any atom is -0.308 e. The molecule has 0 spiro atoms. The van der Waals surface area contributed by atoms with Crippen molar-refractivity contribution >= 4 is 39.0 Å². The SMILES string of the molecule is CN1CCN(Cc2ccc(NC(=O)Nc3ccc(Br)n4ccnc34)cc2C(F)(F)F)CC1. The summed E-state index contributed by atoms with van der Waals surface area (Å²) in [7, 11) is 2.00. The van der Waals surface area contributed by atoms with Crippen LogP contribution >= 0.6 is 15.9 Å². The molecule has 1 aliphatic rings. The first-order valence-corrected chi connectivity index (χ1v) is 10.8. The van der Waals surface area contributed by atoms with Crippen LogP contribution in [0.4, 0.5) is 29.3 Å². The lowest BCUT2D eigenvalue weighted by molar-refractivity contribution is -0.138. The number of likely N-dealkylation sites (N-methyl/N-ethyl adjacent to an activating group) is 1. The van der Waals surface area contributed by atoms with Crippen molar-refractivity contribution in [3.63, 3.8) is 0 Å². The number of pyridine rings is 1. The van der Waals surface area contributed by atoms with E-state index in [0.717, 1.165) is 23.8 Å². The molecule has 0 radical (unpaired) electrons. The van der Waals surface area contributed by atoms with Crippen molar-refractivity contribution < 1.29 is 18.0 Å². The van der Waals surface area contributed by atoms with E-state index in [9.17, 15) is 18.0 Å². The Morgan fingerprint density at radius 2 is 1.88 bits per heavy atom. The summed E-state index contributed by atoms with van der Waals surface area (Å²) in [5.41, 5.74) is 0.452. The monoisotopic (exact) mass is 510 g/mol. The molecule has 32 heavy (non-hydrogen) atoms. The first-order valence-electron chi connectivity index (χ1n) is 10.0. The van der Waals surface area contributed by atoms with Crippen LogP contribution in [0.1, 0.15) is 11.1 Å². The van der Waals surface area contributed by atoms with Crippen LogP contribution < -0.4 is 10.6 Å². The van der Waals surface area contributed by atoms with Gasteiger partial charge in [-0.15, -0.1) is 0 Å². The Morgan fingerprint density at radius 3 is 2.59 bits per heavy atom. The second-order valence-electron chi connectivity index (χ2n) is 7.72. The van der Waals surface area contributed by atoms with Gasteiger partial charge in [0.2, 0.25) is 0 Å². The van der Waals surface area contributed by atoms with Gasteiger partial charge in [-0.3, -0.25) is 9.30 Å². The Kier molecular flexibility index (Phi) is 6.40. The van der Waals surface area contributed by atoms with Crippen molar-refractivity contribution in [1.82, 2.24) is 19.2 Å². The average Bonchev–Trinajstić information content (AvgIpc) is 3.23. The van der Waals surface area contributed by atoms with Gasteiger partial charge < -0.3 is 15.5 Å². The van der Waals surface area contributed by atoms with Crippen molar-refractivity contribution in [2.75, 3.05) is 43.9 Å². The molecule has 1 saturated heterocycles.